The maximum atomic E-state index is 12.7. The SMILES string of the molecule is C=CCc1cc(C=N[C@@H]2CCCC[C@H]2N=Cc2cc(CC=C)cc(OC)c2[O-])c([O-])c(OC)c1.C=CCc1cc(C=N[C@@H]2CCCC[C@H]2N=Cc2cc(CC=C)cc(OC)c2[O-])c([O-])c(OC)c1.CS(C)=O.CS(C)=O.[Zn+2].[Zn+2]. The minimum Gasteiger partial charge on any atom is -0.870 e. The summed E-state index contributed by atoms with van der Waals surface area (Å²) in [5, 5.41) is 50.7. The molecule has 0 aromatic heterocycles. The third-order valence-electron chi connectivity index (χ3n) is 12.0. The van der Waals surface area contributed by atoms with E-state index in [1.165, 1.54) is 28.4 Å². The molecule has 0 amide bonds. The third kappa shape index (κ3) is 23.4. The minimum atomic E-state index is -0.611. The quantitative estimate of drug-likeness (QED) is 0.0469. The first kappa shape index (κ1) is 70.5. The zero-order valence-electron chi connectivity index (χ0n) is 47.0. The molecule has 6 rings (SSSR count). The van der Waals surface area contributed by atoms with Gasteiger partial charge in [0, 0.05) is 71.5 Å². The Kier molecular flexibility index (Phi) is 34.5. The van der Waals surface area contributed by atoms with E-state index in [2.05, 4.69) is 26.3 Å². The van der Waals surface area contributed by atoms with E-state index >= 15 is 0 Å². The summed E-state index contributed by atoms with van der Waals surface area (Å²) in [6.07, 6.45) is 30.5. The van der Waals surface area contributed by atoms with Crippen LogP contribution in [0.3, 0.4) is 0 Å². The molecule has 2 fully saturated rings. The van der Waals surface area contributed by atoms with Crippen LogP contribution in [0, 0.1) is 0 Å². The van der Waals surface area contributed by atoms with Gasteiger partial charge in [-0.3, -0.25) is 28.4 Å². The van der Waals surface area contributed by atoms with Crippen LogP contribution in [-0.2, 0) is 86.2 Å². The number of hydrogen-bond acceptors (Lipinski definition) is 14. The summed E-state index contributed by atoms with van der Waals surface area (Å²) in [6, 6.07) is 14.0. The van der Waals surface area contributed by atoms with Crippen LogP contribution in [0.2, 0.25) is 0 Å². The molecule has 0 aliphatic heterocycles. The van der Waals surface area contributed by atoms with Crippen molar-refractivity contribution in [1.29, 1.82) is 0 Å². The van der Waals surface area contributed by atoms with E-state index in [-0.39, 0.29) is 86.1 Å². The second-order valence-electron chi connectivity index (χ2n) is 18.3. The summed E-state index contributed by atoms with van der Waals surface area (Å²) in [5.41, 5.74) is 5.76. The molecule has 2 saturated carbocycles. The molecule has 4 atom stereocenters. The molecule has 0 saturated heterocycles. The molecule has 0 heterocycles. The Morgan fingerprint density at radius 1 is 0.423 bits per heavy atom. The van der Waals surface area contributed by atoms with E-state index in [4.69, 9.17) is 38.9 Å². The molecular weight excluding hydrogens is 1130 g/mol. The first-order chi connectivity index (χ1) is 36.5. The van der Waals surface area contributed by atoms with Gasteiger partial charge in [0.2, 0.25) is 0 Å². The van der Waals surface area contributed by atoms with Gasteiger partial charge in [-0.2, -0.15) is 0 Å². The summed E-state index contributed by atoms with van der Waals surface area (Å²) in [7, 11) is 4.74. The molecule has 0 unspecified atom stereocenters. The Morgan fingerprint density at radius 2 is 0.603 bits per heavy atom. The predicted molar refractivity (Wildman–Crippen MR) is 308 cm³/mol. The normalized spacial score (nSPS) is 16.8. The summed E-state index contributed by atoms with van der Waals surface area (Å²) in [5.74, 6) is 0.472. The van der Waals surface area contributed by atoms with Crippen LogP contribution < -0.4 is 39.4 Å². The van der Waals surface area contributed by atoms with Gasteiger partial charge in [0.25, 0.3) is 0 Å². The zero-order valence-corrected chi connectivity index (χ0v) is 54.5. The van der Waals surface area contributed by atoms with Gasteiger partial charge in [-0.15, -0.1) is 26.3 Å². The molecule has 14 nitrogen and oxygen atoms in total. The number of nitrogens with zero attached hydrogens (tertiary/aromatic N) is 4. The van der Waals surface area contributed by atoms with Crippen molar-refractivity contribution in [3.63, 3.8) is 0 Å². The Hall–Kier alpha value is -5.53. The Labute approximate surface area is 494 Å². The van der Waals surface area contributed by atoms with Crippen molar-refractivity contribution in [3.05, 3.63) is 144 Å². The van der Waals surface area contributed by atoms with Gasteiger partial charge in [0.15, 0.2) is 0 Å². The van der Waals surface area contributed by atoms with Crippen LogP contribution in [0.4, 0.5) is 0 Å². The number of hydrogen-bond donors (Lipinski definition) is 0. The van der Waals surface area contributed by atoms with Gasteiger partial charge in [0.1, 0.15) is 23.0 Å². The Bertz CT molecular complexity index is 2370. The molecule has 18 heteroatoms. The van der Waals surface area contributed by atoms with E-state index in [0.717, 1.165) is 73.6 Å². The molecule has 4 aromatic rings. The van der Waals surface area contributed by atoms with E-state index in [0.29, 0.717) is 70.9 Å². The van der Waals surface area contributed by atoms with Crippen molar-refractivity contribution >= 4 is 46.5 Å². The van der Waals surface area contributed by atoms with Gasteiger partial charge in [0.05, 0.1) is 52.6 Å². The molecule has 0 N–H and O–H groups in total. The van der Waals surface area contributed by atoms with Gasteiger partial charge in [-0.25, -0.2) is 0 Å². The van der Waals surface area contributed by atoms with E-state index in [1.54, 1.807) is 98.5 Å². The van der Waals surface area contributed by atoms with Crippen molar-refractivity contribution in [2.24, 2.45) is 20.0 Å². The summed E-state index contributed by atoms with van der Waals surface area (Å²) < 4.78 is 40.1. The second-order valence-corrected chi connectivity index (χ2v) is 21.2. The summed E-state index contributed by atoms with van der Waals surface area (Å²) in [6.45, 7) is 15.1. The van der Waals surface area contributed by atoms with Gasteiger partial charge in [-0.1, -0.05) is 97.3 Å². The smallest absolute Gasteiger partial charge is 0.870 e. The average molecular weight is 1210 g/mol. The first-order valence-corrected chi connectivity index (χ1v) is 29.0. The maximum absolute atomic E-state index is 12.7. The average Bonchev–Trinajstić information content (AvgIpc) is 3.39. The molecule has 0 radical (unpaired) electrons. The Morgan fingerprint density at radius 3 is 0.756 bits per heavy atom. The van der Waals surface area contributed by atoms with Crippen LogP contribution >= 0.6 is 0 Å². The topological polar surface area (TPSA) is 213 Å². The molecule has 2 aliphatic carbocycles. The van der Waals surface area contributed by atoms with Crippen molar-refractivity contribution in [1.82, 2.24) is 0 Å². The van der Waals surface area contributed by atoms with Crippen LogP contribution in [0.5, 0.6) is 46.0 Å². The molecule has 78 heavy (non-hydrogen) atoms. The third-order valence-corrected chi connectivity index (χ3v) is 12.0. The van der Waals surface area contributed by atoms with Crippen LogP contribution in [0.1, 0.15) is 95.9 Å². The molecule has 2 aliphatic rings. The number of ether oxygens (including phenoxy) is 4. The monoisotopic (exact) mass is 1200 g/mol. The second kappa shape index (κ2) is 38.1. The van der Waals surface area contributed by atoms with E-state index in [9.17, 15) is 28.8 Å². The molecule has 0 spiro atoms. The standard InChI is InChI=1S/2C28H34N2O4.2C2H6OS.2Zn/c2*1-5-9-19-13-21(27(31)25(15-19)33-3)17-29-23-11-7-8-12-24(23)30-18-22-14-20(10-6-2)16-26(34-4)28(22)32;2*1-4(2)3;;/h2*5-6,13-18,23-24,31-32H,1-2,7-12H2,3-4H3;2*1-2H3;;/q;;;;2*+2/p-4/t2*23-,24-;;;;/m11..../s1. The molecular formula is C60H76N4O10S2Zn2. The first-order valence-electron chi connectivity index (χ1n) is 25.1. The number of allylic oxidation sites excluding steroid dienone is 4. The summed E-state index contributed by atoms with van der Waals surface area (Å²) >= 11 is 0. The maximum Gasteiger partial charge on any atom is 2.00 e. The number of benzene rings is 4. The zero-order chi connectivity index (χ0) is 56.2. The van der Waals surface area contributed by atoms with Crippen LogP contribution in [0.25, 0.3) is 0 Å². The van der Waals surface area contributed by atoms with Gasteiger partial charge < -0.3 is 39.4 Å². The number of methoxy groups -OCH3 is 4. The molecule has 4 aromatic carbocycles. The van der Waals surface area contributed by atoms with Crippen LogP contribution in [-0.4, -0.2) is 111 Å². The van der Waals surface area contributed by atoms with Crippen molar-refractivity contribution in [3.8, 4) is 46.0 Å². The van der Waals surface area contributed by atoms with Crippen molar-refractivity contribution in [2.45, 2.75) is 101 Å². The molecule has 412 valence electrons. The van der Waals surface area contributed by atoms with Crippen molar-refractivity contribution in [2.75, 3.05) is 53.5 Å². The summed E-state index contributed by atoms with van der Waals surface area (Å²) in [4.78, 5) is 19.0. The van der Waals surface area contributed by atoms with Crippen molar-refractivity contribution < 1.29 is 86.7 Å². The number of rotatable bonds is 20. The predicted octanol–water partition coefficient (Wildman–Crippen LogP) is 8.30. The largest absolute Gasteiger partial charge is 2.00 e. The fraction of sp³-hybridized carbons (Fsp3) is 0.400. The van der Waals surface area contributed by atoms with Gasteiger partial charge in [-0.05, 0) is 120 Å². The number of aliphatic imine (C=N–C) groups is 4. The fourth-order valence-electron chi connectivity index (χ4n) is 8.44. The van der Waals surface area contributed by atoms with Crippen LogP contribution in [0.15, 0.2) is 119 Å². The molecule has 0 bridgehead atoms. The fourth-order valence-corrected chi connectivity index (χ4v) is 8.44. The van der Waals surface area contributed by atoms with E-state index < -0.39 is 21.6 Å². The van der Waals surface area contributed by atoms with Gasteiger partial charge >= 0.3 is 39.0 Å². The Balaban J connectivity index is 0.000000670. The minimum absolute atomic E-state index is 0. The van der Waals surface area contributed by atoms with E-state index in [1.807, 2.05) is 24.3 Å².